The van der Waals surface area contributed by atoms with E-state index in [2.05, 4.69) is 24.9 Å². The average molecular weight is 350 g/mol. The Morgan fingerprint density at radius 2 is 1.92 bits per heavy atom. The van der Waals surface area contributed by atoms with E-state index in [0.717, 1.165) is 5.69 Å². The predicted octanol–water partition coefficient (Wildman–Crippen LogP) is 2.86. The molecular weight excluding hydrogens is 330 g/mol. The van der Waals surface area contributed by atoms with E-state index < -0.39 is 0 Å². The van der Waals surface area contributed by atoms with E-state index >= 15 is 0 Å². The standard InChI is InChI=1S/C16H20ClN5O2/c1-8(2)24-16-12(11-7-6-9(3)19-13(11)17)10(4)20-15(21-16)14(18)22-23-5/h6-8H,1-5H3,(H2,18,22). The first kappa shape index (κ1) is 17.9. The summed E-state index contributed by atoms with van der Waals surface area (Å²) in [5, 5.41) is 4.03. The first-order valence-corrected chi connectivity index (χ1v) is 7.77. The van der Waals surface area contributed by atoms with Crippen LogP contribution in [0.2, 0.25) is 5.15 Å². The molecule has 0 aliphatic carbocycles. The molecule has 0 fully saturated rings. The predicted molar refractivity (Wildman–Crippen MR) is 93.2 cm³/mol. The second-order valence-corrected chi connectivity index (χ2v) is 5.79. The fraction of sp³-hybridized carbons (Fsp3) is 0.375. The van der Waals surface area contributed by atoms with Gasteiger partial charge in [-0.15, -0.1) is 0 Å². The lowest BCUT2D eigenvalue weighted by Gasteiger charge is -2.16. The Morgan fingerprint density at radius 1 is 1.21 bits per heavy atom. The molecule has 0 aromatic carbocycles. The normalized spacial score (nSPS) is 11.7. The average Bonchev–Trinajstić information content (AvgIpc) is 2.48. The van der Waals surface area contributed by atoms with Gasteiger partial charge in [-0.05, 0) is 39.8 Å². The Labute approximate surface area is 145 Å². The number of aryl methyl sites for hydroxylation is 2. The van der Waals surface area contributed by atoms with E-state index in [0.29, 0.717) is 27.9 Å². The molecule has 24 heavy (non-hydrogen) atoms. The molecule has 0 aliphatic heterocycles. The summed E-state index contributed by atoms with van der Waals surface area (Å²) in [6, 6.07) is 3.74. The number of aromatic nitrogens is 3. The van der Waals surface area contributed by atoms with Crippen LogP contribution in [0.25, 0.3) is 11.1 Å². The van der Waals surface area contributed by atoms with Crippen molar-refractivity contribution in [2.45, 2.75) is 33.8 Å². The molecule has 8 heteroatoms. The molecule has 0 aliphatic rings. The van der Waals surface area contributed by atoms with Gasteiger partial charge in [-0.1, -0.05) is 16.8 Å². The molecule has 0 spiro atoms. The summed E-state index contributed by atoms with van der Waals surface area (Å²) < 4.78 is 5.85. The van der Waals surface area contributed by atoms with Crippen molar-refractivity contribution >= 4 is 17.4 Å². The number of pyridine rings is 1. The summed E-state index contributed by atoms with van der Waals surface area (Å²) in [6.45, 7) is 7.50. The van der Waals surface area contributed by atoms with Crippen LogP contribution >= 0.6 is 11.6 Å². The molecule has 0 atom stereocenters. The van der Waals surface area contributed by atoms with E-state index in [4.69, 9.17) is 22.1 Å². The first-order chi connectivity index (χ1) is 11.3. The number of amidine groups is 1. The number of halogens is 1. The van der Waals surface area contributed by atoms with Crippen LogP contribution in [-0.4, -0.2) is 34.0 Å². The number of oxime groups is 1. The zero-order chi connectivity index (χ0) is 17.9. The minimum Gasteiger partial charge on any atom is -0.474 e. The lowest BCUT2D eigenvalue weighted by molar-refractivity contribution is 0.212. The number of nitrogens with two attached hydrogens (primary N) is 1. The molecule has 128 valence electrons. The van der Waals surface area contributed by atoms with Crippen molar-refractivity contribution in [2.24, 2.45) is 10.9 Å². The van der Waals surface area contributed by atoms with Gasteiger partial charge >= 0.3 is 0 Å². The van der Waals surface area contributed by atoms with Gasteiger partial charge in [0.2, 0.25) is 17.5 Å². The third kappa shape index (κ3) is 3.91. The summed E-state index contributed by atoms with van der Waals surface area (Å²) in [6.07, 6.45) is -0.0938. The third-order valence-electron chi connectivity index (χ3n) is 3.08. The highest BCUT2D eigenvalue weighted by atomic mass is 35.5. The van der Waals surface area contributed by atoms with Crippen LogP contribution in [0.3, 0.4) is 0 Å². The van der Waals surface area contributed by atoms with Crippen molar-refractivity contribution in [3.8, 4) is 17.0 Å². The number of nitrogens with zero attached hydrogens (tertiary/aromatic N) is 4. The summed E-state index contributed by atoms with van der Waals surface area (Å²) in [5.74, 6) is 0.660. The Morgan fingerprint density at radius 3 is 2.50 bits per heavy atom. The van der Waals surface area contributed by atoms with Crippen molar-refractivity contribution in [3.63, 3.8) is 0 Å². The zero-order valence-corrected chi connectivity index (χ0v) is 15.0. The highest BCUT2D eigenvalue weighted by Gasteiger charge is 2.20. The van der Waals surface area contributed by atoms with Crippen molar-refractivity contribution in [1.29, 1.82) is 0 Å². The number of hydrogen-bond acceptors (Lipinski definition) is 6. The van der Waals surface area contributed by atoms with Gasteiger partial charge in [0.05, 0.1) is 17.4 Å². The maximum atomic E-state index is 6.31. The van der Waals surface area contributed by atoms with Gasteiger partial charge in [-0.25, -0.2) is 9.97 Å². The smallest absolute Gasteiger partial charge is 0.225 e. The molecule has 0 radical (unpaired) electrons. The van der Waals surface area contributed by atoms with Crippen LogP contribution in [-0.2, 0) is 4.84 Å². The van der Waals surface area contributed by atoms with Crippen LogP contribution in [0.15, 0.2) is 17.3 Å². The van der Waals surface area contributed by atoms with Crippen LogP contribution < -0.4 is 10.5 Å². The van der Waals surface area contributed by atoms with Crippen LogP contribution in [0.1, 0.15) is 31.1 Å². The quantitative estimate of drug-likeness (QED) is 0.386. The molecule has 0 saturated heterocycles. The van der Waals surface area contributed by atoms with E-state index in [1.807, 2.05) is 39.8 Å². The number of hydrogen-bond donors (Lipinski definition) is 1. The van der Waals surface area contributed by atoms with E-state index in [1.165, 1.54) is 7.11 Å². The molecule has 2 aromatic rings. The Bertz CT molecular complexity index is 777. The van der Waals surface area contributed by atoms with Gasteiger partial charge in [-0.3, -0.25) is 0 Å². The Hall–Kier alpha value is -2.41. The highest BCUT2D eigenvalue weighted by Crippen LogP contribution is 2.35. The minimum atomic E-state index is -0.0938. The monoisotopic (exact) mass is 349 g/mol. The van der Waals surface area contributed by atoms with Crippen LogP contribution in [0.4, 0.5) is 0 Å². The molecule has 0 unspecified atom stereocenters. The molecule has 2 N–H and O–H groups in total. The number of rotatable bonds is 5. The molecule has 0 amide bonds. The summed E-state index contributed by atoms with van der Waals surface area (Å²) in [4.78, 5) is 17.7. The first-order valence-electron chi connectivity index (χ1n) is 7.39. The highest BCUT2D eigenvalue weighted by molar-refractivity contribution is 6.32. The lowest BCUT2D eigenvalue weighted by atomic mass is 10.1. The van der Waals surface area contributed by atoms with Crippen molar-refractivity contribution in [2.75, 3.05) is 7.11 Å². The molecule has 0 saturated carbocycles. The van der Waals surface area contributed by atoms with Crippen molar-refractivity contribution in [1.82, 2.24) is 15.0 Å². The zero-order valence-electron chi connectivity index (χ0n) is 14.3. The van der Waals surface area contributed by atoms with Crippen molar-refractivity contribution < 1.29 is 9.57 Å². The lowest BCUT2D eigenvalue weighted by Crippen LogP contribution is -2.20. The second kappa shape index (κ2) is 7.44. The number of ether oxygens (including phenoxy) is 1. The van der Waals surface area contributed by atoms with Gasteiger partial charge < -0.3 is 15.3 Å². The van der Waals surface area contributed by atoms with Crippen molar-refractivity contribution in [3.05, 3.63) is 34.5 Å². The molecule has 2 heterocycles. The van der Waals surface area contributed by atoms with Crippen LogP contribution in [0.5, 0.6) is 5.88 Å². The van der Waals surface area contributed by atoms with Gasteiger partial charge in [0, 0.05) is 11.3 Å². The molecule has 2 aromatic heterocycles. The largest absolute Gasteiger partial charge is 0.474 e. The van der Waals surface area contributed by atoms with E-state index in [9.17, 15) is 0 Å². The second-order valence-electron chi connectivity index (χ2n) is 5.43. The summed E-state index contributed by atoms with van der Waals surface area (Å²) in [5.41, 5.74) is 8.66. The summed E-state index contributed by atoms with van der Waals surface area (Å²) >= 11 is 6.31. The van der Waals surface area contributed by atoms with Gasteiger partial charge in [-0.2, -0.15) is 4.98 Å². The van der Waals surface area contributed by atoms with E-state index in [-0.39, 0.29) is 17.8 Å². The topological polar surface area (TPSA) is 95.5 Å². The minimum absolute atomic E-state index is 0.0638. The molecule has 0 bridgehead atoms. The SMILES string of the molecule is CO/N=C(\N)c1nc(C)c(-c2ccc(C)nc2Cl)c(OC(C)C)n1. The molecule has 7 nitrogen and oxygen atoms in total. The maximum Gasteiger partial charge on any atom is 0.225 e. The molecular formula is C16H20ClN5O2. The Balaban J connectivity index is 2.67. The van der Waals surface area contributed by atoms with Crippen LogP contribution in [0, 0.1) is 13.8 Å². The molecule has 2 rings (SSSR count). The maximum absolute atomic E-state index is 6.31. The van der Waals surface area contributed by atoms with Gasteiger partial charge in [0.15, 0.2) is 0 Å². The van der Waals surface area contributed by atoms with Gasteiger partial charge in [0.1, 0.15) is 12.3 Å². The fourth-order valence-corrected chi connectivity index (χ4v) is 2.42. The van der Waals surface area contributed by atoms with Gasteiger partial charge in [0.25, 0.3) is 0 Å². The Kier molecular flexibility index (Phi) is 5.56. The fourth-order valence-electron chi connectivity index (χ4n) is 2.13. The van der Waals surface area contributed by atoms with E-state index in [1.54, 1.807) is 0 Å². The summed E-state index contributed by atoms with van der Waals surface area (Å²) in [7, 11) is 1.40. The third-order valence-corrected chi connectivity index (χ3v) is 3.37.